The van der Waals surface area contributed by atoms with E-state index in [1.807, 2.05) is 25.1 Å². The molecule has 0 aliphatic carbocycles. The van der Waals surface area contributed by atoms with Gasteiger partial charge in [-0.2, -0.15) is 0 Å². The molecule has 1 unspecified atom stereocenters. The molecule has 0 aliphatic heterocycles. The molecule has 0 saturated heterocycles. The van der Waals surface area contributed by atoms with Gasteiger partial charge in [-0.15, -0.1) is 0 Å². The summed E-state index contributed by atoms with van der Waals surface area (Å²) in [5.41, 5.74) is 1.04. The lowest BCUT2D eigenvalue weighted by atomic mass is 9.83. The minimum atomic E-state index is -0.193. The van der Waals surface area contributed by atoms with Gasteiger partial charge in [-0.3, -0.25) is 0 Å². The average molecular weight is 176 g/mol. The summed E-state index contributed by atoms with van der Waals surface area (Å²) in [6.45, 7) is 4.06. The van der Waals surface area contributed by atoms with Gasteiger partial charge < -0.3 is 4.79 Å². The van der Waals surface area contributed by atoms with Gasteiger partial charge >= 0.3 is 0 Å². The molecule has 0 aromatic heterocycles. The van der Waals surface area contributed by atoms with Crippen molar-refractivity contribution in [1.29, 1.82) is 0 Å². The van der Waals surface area contributed by atoms with Gasteiger partial charge in [0.2, 0.25) is 0 Å². The highest BCUT2D eigenvalue weighted by molar-refractivity contribution is 5.59. The molecular weight excluding hydrogens is 160 g/mol. The molecule has 0 aliphatic rings. The molecule has 1 heteroatoms. The Balaban J connectivity index is 2.73. The molecule has 1 atom stereocenters. The van der Waals surface area contributed by atoms with Gasteiger partial charge in [0.05, 0.1) is 0 Å². The zero-order chi connectivity index (χ0) is 9.73. The summed E-state index contributed by atoms with van der Waals surface area (Å²) in [5, 5.41) is 0. The Bertz CT molecular complexity index is 266. The quantitative estimate of drug-likeness (QED) is 0.645. The average Bonchev–Trinajstić information content (AvgIpc) is 2.19. The maximum absolute atomic E-state index is 10.9. The first-order valence-corrected chi connectivity index (χ1v) is 4.70. The Morgan fingerprint density at radius 1 is 1.31 bits per heavy atom. The first-order chi connectivity index (χ1) is 6.20. The monoisotopic (exact) mass is 176 g/mol. The molecule has 1 aromatic rings. The molecule has 0 amide bonds. The zero-order valence-corrected chi connectivity index (χ0v) is 8.29. The van der Waals surface area contributed by atoms with Crippen LogP contribution in [0.5, 0.6) is 0 Å². The van der Waals surface area contributed by atoms with Gasteiger partial charge in [0.1, 0.15) is 6.29 Å². The number of rotatable bonds is 4. The minimum absolute atomic E-state index is 0.193. The van der Waals surface area contributed by atoms with E-state index in [9.17, 15) is 4.79 Å². The van der Waals surface area contributed by atoms with Crippen molar-refractivity contribution in [3.63, 3.8) is 0 Å². The van der Waals surface area contributed by atoms with Crippen LogP contribution in [0.15, 0.2) is 30.3 Å². The highest BCUT2D eigenvalue weighted by Gasteiger charge is 2.20. The van der Waals surface area contributed by atoms with Crippen LogP contribution in [0.2, 0.25) is 0 Å². The first-order valence-electron chi connectivity index (χ1n) is 4.70. The fourth-order valence-corrected chi connectivity index (χ4v) is 1.31. The van der Waals surface area contributed by atoms with Crippen molar-refractivity contribution in [2.45, 2.75) is 26.7 Å². The van der Waals surface area contributed by atoms with E-state index in [0.29, 0.717) is 0 Å². The van der Waals surface area contributed by atoms with Crippen molar-refractivity contribution in [3.8, 4) is 0 Å². The van der Waals surface area contributed by atoms with Gasteiger partial charge in [-0.1, -0.05) is 44.2 Å². The largest absolute Gasteiger partial charge is 0.303 e. The number of aldehydes is 1. The van der Waals surface area contributed by atoms with Gasteiger partial charge in [0.25, 0.3) is 0 Å². The highest BCUT2D eigenvalue weighted by atomic mass is 16.1. The zero-order valence-electron chi connectivity index (χ0n) is 8.29. The molecule has 0 heterocycles. The summed E-state index contributed by atoms with van der Waals surface area (Å²) in [6, 6.07) is 10.1. The molecule has 0 spiro atoms. The van der Waals surface area contributed by atoms with E-state index in [-0.39, 0.29) is 5.41 Å². The van der Waals surface area contributed by atoms with Gasteiger partial charge in [0, 0.05) is 5.41 Å². The molecule has 1 rings (SSSR count). The van der Waals surface area contributed by atoms with E-state index in [1.165, 1.54) is 5.56 Å². The second kappa shape index (κ2) is 4.22. The molecular formula is C12H16O. The third-order valence-electron chi connectivity index (χ3n) is 2.54. The Morgan fingerprint density at radius 2 is 1.92 bits per heavy atom. The third-order valence-corrected chi connectivity index (χ3v) is 2.54. The van der Waals surface area contributed by atoms with Crippen LogP contribution in [-0.2, 0) is 11.2 Å². The molecule has 70 valence electrons. The molecule has 1 aromatic carbocycles. The van der Waals surface area contributed by atoms with Crippen LogP contribution in [0, 0.1) is 5.41 Å². The lowest BCUT2D eigenvalue weighted by molar-refractivity contribution is -0.115. The SMILES string of the molecule is CCC(C)(C=O)Cc1ccccc1. The molecule has 0 saturated carbocycles. The van der Waals surface area contributed by atoms with Crippen LogP contribution in [0.4, 0.5) is 0 Å². The van der Waals surface area contributed by atoms with Crippen molar-refractivity contribution < 1.29 is 4.79 Å². The summed E-state index contributed by atoms with van der Waals surface area (Å²) >= 11 is 0. The van der Waals surface area contributed by atoms with Crippen LogP contribution in [-0.4, -0.2) is 6.29 Å². The first kappa shape index (κ1) is 9.97. The van der Waals surface area contributed by atoms with Gasteiger partial charge in [0.15, 0.2) is 0 Å². The number of carbonyl (C=O) groups excluding carboxylic acids is 1. The second-order valence-corrected chi connectivity index (χ2v) is 3.79. The Labute approximate surface area is 79.8 Å². The molecule has 0 radical (unpaired) electrons. The molecule has 13 heavy (non-hydrogen) atoms. The molecule has 0 N–H and O–H groups in total. The van der Waals surface area contributed by atoms with E-state index in [2.05, 4.69) is 19.1 Å². The summed E-state index contributed by atoms with van der Waals surface area (Å²) in [5.74, 6) is 0. The third kappa shape index (κ3) is 2.69. The van der Waals surface area contributed by atoms with E-state index < -0.39 is 0 Å². The van der Waals surface area contributed by atoms with Gasteiger partial charge in [-0.25, -0.2) is 0 Å². The van der Waals surface area contributed by atoms with Crippen LogP contribution in [0.3, 0.4) is 0 Å². The maximum atomic E-state index is 10.9. The summed E-state index contributed by atoms with van der Waals surface area (Å²) in [7, 11) is 0. The Kier molecular flexibility index (Phi) is 3.24. The van der Waals surface area contributed by atoms with Gasteiger partial charge in [-0.05, 0) is 18.4 Å². The summed E-state index contributed by atoms with van der Waals surface area (Å²) in [4.78, 5) is 10.9. The normalized spacial score (nSPS) is 14.9. The summed E-state index contributed by atoms with van der Waals surface area (Å²) < 4.78 is 0. The number of hydrogen-bond donors (Lipinski definition) is 0. The minimum Gasteiger partial charge on any atom is -0.303 e. The van der Waals surface area contributed by atoms with E-state index in [1.54, 1.807) is 0 Å². The predicted molar refractivity (Wildman–Crippen MR) is 54.6 cm³/mol. The number of carbonyl (C=O) groups is 1. The fraction of sp³-hybridized carbons (Fsp3) is 0.417. The highest BCUT2D eigenvalue weighted by Crippen LogP contribution is 2.23. The fourth-order valence-electron chi connectivity index (χ4n) is 1.31. The van der Waals surface area contributed by atoms with Crippen molar-refractivity contribution >= 4 is 6.29 Å². The Morgan fingerprint density at radius 3 is 2.38 bits per heavy atom. The van der Waals surface area contributed by atoms with E-state index in [4.69, 9.17) is 0 Å². The molecule has 1 nitrogen and oxygen atoms in total. The van der Waals surface area contributed by atoms with Crippen molar-refractivity contribution in [3.05, 3.63) is 35.9 Å². The van der Waals surface area contributed by atoms with Crippen LogP contribution >= 0.6 is 0 Å². The summed E-state index contributed by atoms with van der Waals surface area (Å²) in [6.07, 6.45) is 2.80. The topological polar surface area (TPSA) is 17.1 Å². The second-order valence-electron chi connectivity index (χ2n) is 3.79. The Hall–Kier alpha value is -1.11. The number of benzene rings is 1. The van der Waals surface area contributed by atoms with Crippen molar-refractivity contribution in [2.75, 3.05) is 0 Å². The van der Waals surface area contributed by atoms with Crippen LogP contribution in [0.1, 0.15) is 25.8 Å². The smallest absolute Gasteiger partial charge is 0.126 e. The lowest BCUT2D eigenvalue weighted by Crippen LogP contribution is -2.19. The van der Waals surface area contributed by atoms with E-state index in [0.717, 1.165) is 19.1 Å². The predicted octanol–water partition coefficient (Wildman–Crippen LogP) is 2.84. The van der Waals surface area contributed by atoms with Crippen LogP contribution < -0.4 is 0 Å². The van der Waals surface area contributed by atoms with Crippen molar-refractivity contribution in [2.24, 2.45) is 5.41 Å². The number of hydrogen-bond acceptors (Lipinski definition) is 1. The van der Waals surface area contributed by atoms with Crippen LogP contribution in [0.25, 0.3) is 0 Å². The maximum Gasteiger partial charge on any atom is 0.126 e. The molecule has 0 bridgehead atoms. The molecule has 0 fully saturated rings. The van der Waals surface area contributed by atoms with Crippen molar-refractivity contribution in [1.82, 2.24) is 0 Å². The van der Waals surface area contributed by atoms with E-state index >= 15 is 0 Å². The standard InChI is InChI=1S/C12H16O/c1-3-12(2,10-13)9-11-7-5-4-6-8-11/h4-8,10H,3,9H2,1-2H3. The lowest BCUT2D eigenvalue weighted by Gasteiger charge is -2.20.